The highest BCUT2D eigenvalue weighted by atomic mass is 19.1. The van der Waals surface area contributed by atoms with Gasteiger partial charge in [0.2, 0.25) is 0 Å². The fourth-order valence-corrected chi connectivity index (χ4v) is 7.69. The van der Waals surface area contributed by atoms with E-state index in [4.69, 9.17) is 5.73 Å². The van der Waals surface area contributed by atoms with Crippen molar-refractivity contribution < 1.29 is 8.78 Å². The van der Waals surface area contributed by atoms with Gasteiger partial charge in [0, 0.05) is 91.5 Å². The molecule has 0 saturated heterocycles. The lowest BCUT2D eigenvalue weighted by Gasteiger charge is -2.04. The molecule has 0 unspecified atom stereocenters. The van der Waals surface area contributed by atoms with E-state index < -0.39 is 0 Å². The second-order valence-corrected chi connectivity index (χ2v) is 14.8. The summed E-state index contributed by atoms with van der Waals surface area (Å²) in [5, 5.41) is 18.5. The number of nitrogens with two attached hydrogens (primary N) is 1. The molecule has 0 atom stereocenters. The minimum Gasteiger partial charge on any atom is -0.399 e. The van der Waals surface area contributed by atoms with Crippen molar-refractivity contribution in [3.8, 4) is 56.5 Å². The van der Waals surface area contributed by atoms with Crippen LogP contribution in [0.5, 0.6) is 0 Å². The van der Waals surface area contributed by atoms with Gasteiger partial charge in [-0.05, 0) is 110 Å². The Bertz CT molecular complexity index is 3580. The largest absolute Gasteiger partial charge is 0.399 e. The Balaban J connectivity index is 0.000000160. The molecule has 6 N–H and O–H groups in total. The molecule has 12 nitrogen and oxygen atoms in total. The maximum absolute atomic E-state index is 13.8. The quantitative estimate of drug-likeness (QED) is 0.0936. The zero-order valence-electron chi connectivity index (χ0n) is 36.1. The van der Waals surface area contributed by atoms with Crippen LogP contribution < -0.4 is 5.73 Å². The lowest BCUT2D eigenvalue weighted by atomic mass is 10.0. The van der Waals surface area contributed by atoms with Crippen molar-refractivity contribution >= 4 is 49.4 Å². The predicted molar refractivity (Wildman–Crippen MR) is 259 cm³/mol. The lowest BCUT2D eigenvalue weighted by Crippen LogP contribution is -1.93. The molecular weight excluding hydrogens is 831 g/mol. The van der Waals surface area contributed by atoms with Gasteiger partial charge in [-0.3, -0.25) is 25.1 Å². The van der Waals surface area contributed by atoms with E-state index in [9.17, 15) is 8.78 Å². The second-order valence-electron chi connectivity index (χ2n) is 14.8. The number of H-pyrrole nitrogens is 4. The first-order valence-corrected chi connectivity index (χ1v) is 21.2. The fourth-order valence-electron chi connectivity index (χ4n) is 7.69. The Kier molecular flexibility index (Phi) is 11.8. The van der Waals surface area contributed by atoms with Crippen molar-refractivity contribution in [1.29, 1.82) is 0 Å². The highest BCUT2D eigenvalue weighted by Crippen LogP contribution is 2.35. The molecule has 9 aromatic heterocycles. The standard InChI is InChI=1S/C26H21FN6.C24H15FN6.C2H6/c1-3-15(11-19(28)4-2)17-12-21-25(32-33-26(21)30-14-17)23-13-20-22(31-23)9-10-29-24(20)16-5-7-18(27)8-6-16;25-16-5-3-4-14(10-16)22-17-12-21(29-20(17)7-9-27-22)23-18-11-15(13-28-24(18)31-30-23)19-6-1-2-8-26-19;1-2/h3-14,31H,2,28H2,1H3,(H,30,32,33);1-13,29H,(H,28,30,31);1-2H3/b15-3+,19-11+;;. The van der Waals surface area contributed by atoms with Crippen LogP contribution in [0, 0.1) is 11.6 Å². The number of nitrogens with zero attached hydrogens (tertiary/aromatic N) is 7. The van der Waals surface area contributed by atoms with Gasteiger partial charge < -0.3 is 15.7 Å². The number of aromatic nitrogens is 11. The first-order chi connectivity index (χ1) is 32.3. The van der Waals surface area contributed by atoms with Crippen molar-refractivity contribution in [3.63, 3.8) is 0 Å². The van der Waals surface area contributed by atoms with Gasteiger partial charge in [0.15, 0.2) is 11.3 Å². The molecule has 0 aliphatic heterocycles. The van der Waals surface area contributed by atoms with Gasteiger partial charge in [-0.15, -0.1) is 0 Å². The van der Waals surface area contributed by atoms with Gasteiger partial charge in [-0.1, -0.05) is 44.7 Å². The molecule has 11 rings (SSSR count). The number of rotatable bonds is 8. The van der Waals surface area contributed by atoms with Crippen molar-refractivity contribution in [3.05, 3.63) is 182 Å². The first kappa shape index (κ1) is 42.4. The third-order valence-electron chi connectivity index (χ3n) is 10.8. The molecule has 0 aliphatic carbocycles. The van der Waals surface area contributed by atoms with Crippen LogP contribution in [0.3, 0.4) is 0 Å². The van der Waals surface area contributed by atoms with Crippen LogP contribution in [0.1, 0.15) is 26.3 Å². The summed E-state index contributed by atoms with van der Waals surface area (Å²) >= 11 is 0. The molecule has 0 saturated carbocycles. The second kappa shape index (κ2) is 18.4. The number of hydrogen-bond donors (Lipinski definition) is 5. The minimum absolute atomic E-state index is 0.280. The highest BCUT2D eigenvalue weighted by molar-refractivity contribution is 6.01. The number of hydrogen-bond acceptors (Lipinski definition) is 8. The number of halogens is 2. The normalized spacial score (nSPS) is 11.7. The lowest BCUT2D eigenvalue weighted by molar-refractivity contribution is 0.627. The molecule has 0 fully saturated rings. The van der Waals surface area contributed by atoms with Crippen LogP contribution >= 0.6 is 0 Å². The van der Waals surface area contributed by atoms with Crippen LogP contribution in [0.4, 0.5) is 8.78 Å². The van der Waals surface area contributed by atoms with Crippen LogP contribution in [-0.2, 0) is 0 Å². The van der Waals surface area contributed by atoms with E-state index in [1.807, 2.05) is 93.6 Å². The Morgan fingerprint density at radius 3 is 1.83 bits per heavy atom. The van der Waals surface area contributed by atoms with E-state index in [-0.39, 0.29) is 11.6 Å². The first-order valence-electron chi connectivity index (χ1n) is 21.2. The van der Waals surface area contributed by atoms with E-state index >= 15 is 0 Å². The number of fused-ring (bicyclic) bond motifs is 4. The Morgan fingerprint density at radius 2 is 1.23 bits per heavy atom. The maximum Gasteiger partial charge on any atom is 0.181 e. The van der Waals surface area contributed by atoms with Crippen LogP contribution in [0.15, 0.2) is 165 Å². The zero-order valence-corrected chi connectivity index (χ0v) is 36.1. The molecule has 0 aliphatic rings. The molecule has 324 valence electrons. The summed E-state index contributed by atoms with van der Waals surface area (Å²) in [5.41, 5.74) is 19.6. The SMILES string of the molecule is C=C/C(N)=C\C(=C/C)c1cnc2n[nH]c(-c3cc4c(-c5ccc(F)cc5)nccc4[nH]3)c2c1.CC.Fc1cccc(-c2nccc3[nH]c(-c4[nH]nc5ncc(-c6ccccn6)cc45)cc23)c1. The molecule has 2 aromatic carbocycles. The molecule has 11 aromatic rings. The van der Waals surface area contributed by atoms with E-state index in [0.29, 0.717) is 17.0 Å². The minimum atomic E-state index is -0.292. The van der Waals surface area contributed by atoms with Gasteiger partial charge in [-0.25, -0.2) is 18.7 Å². The Labute approximate surface area is 377 Å². The average molecular weight is 873 g/mol. The molecule has 0 bridgehead atoms. The average Bonchev–Trinajstić information content (AvgIpc) is 4.18. The van der Waals surface area contributed by atoms with E-state index in [0.717, 1.165) is 100 Å². The number of benzene rings is 2. The number of allylic oxidation sites excluding steroid dienone is 4. The number of aromatic amines is 4. The molecule has 9 heterocycles. The Hall–Kier alpha value is -8.91. The van der Waals surface area contributed by atoms with Gasteiger partial charge in [0.05, 0.1) is 39.9 Å². The predicted octanol–water partition coefficient (Wildman–Crippen LogP) is 12.1. The summed E-state index contributed by atoms with van der Waals surface area (Å²) in [5.74, 6) is -0.571. The molecule has 0 spiro atoms. The number of nitrogens with one attached hydrogen (secondary N) is 4. The third kappa shape index (κ3) is 8.33. The molecular formula is C52H42F2N12. The van der Waals surface area contributed by atoms with Crippen molar-refractivity contribution in [1.82, 2.24) is 55.3 Å². The van der Waals surface area contributed by atoms with Crippen molar-refractivity contribution in [2.45, 2.75) is 20.8 Å². The number of pyridine rings is 5. The van der Waals surface area contributed by atoms with E-state index in [1.54, 1.807) is 55.3 Å². The summed E-state index contributed by atoms with van der Waals surface area (Å²) in [6.45, 7) is 9.66. The van der Waals surface area contributed by atoms with Gasteiger partial charge >= 0.3 is 0 Å². The van der Waals surface area contributed by atoms with Gasteiger partial charge in [0.1, 0.15) is 11.6 Å². The van der Waals surface area contributed by atoms with E-state index in [2.05, 4.69) is 61.9 Å². The van der Waals surface area contributed by atoms with E-state index in [1.165, 1.54) is 24.3 Å². The molecule has 0 radical (unpaired) electrons. The van der Waals surface area contributed by atoms with Crippen LogP contribution in [0.2, 0.25) is 0 Å². The van der Waals surface area contributed by atoms with Crippen LogP contribution in [0.25, 0.3) is 106 Å². The zero-order chi connectivity index (χ0) is 45.7. The highest BCUT2D eigenvalue weighted by Gasteiger charge is 2.18. The van der Waals surface area contributed by atoms with Crippen LogP contribution in [-0.4, -0.2) is 55.3 Å². The summed E-state index contributed by atoms with van der Waals surface area (Å²) in [6, 6.07) is 30.5. The summed E-state index contributed by atoms with van der Waals surface area (Å²) in [4.78, 5) is 29.3. The summed E-state index contributed by atoms with van der Waals surface area (Å²) < 4.78 is 27.2. The summed E-state index contributed by atoms with van der Waals surface area (Å²) in [6.07, 6.45) is 14.2. The topological polar surface area (TPSA) is 179 Å². The maximum atomic E-state index is 13.8. The van der Waals surface area contributed by atoms with Gasteiger partial charge in [0.25, 0.3) is 0 Å². The fraction of sp³-hybridized carbons (Fsp3) is 0.0577. The van der Waals surface area contributed by atoms with Crippen molar-refractivity contribution in [2.75, 3.05) is 0 Å². The molecule has 66 heavy (non-hydrogen) atoms. The van der Waals surface area contributed by atoms with Crippen molar-refractivity contribution in [2.24, 2.45) is 5.73 Å². The van der Waals surface area contributed by atoms with Gasteiger partial charge in [-0.2, -0.15) is 10.2 Å². The Morgan fingerprint density at radius 1 is 0.591 bits per heavy atom. The summed E-state index contributed by atoms with van der Waals surface area (Å²) in [7, 11) is 0. The molecule has 14 heteroatoms. The third-order valence-corrected chi connectivity index (χ3v) is 10.8. The molecule has 0 amide bonds. The monoisotopic (exact) mass is 872 g/mol. The smallest absolute Gasteiger partial charge is 0.181 e.